The molecule has 2 aromatic rings. The number of hydrogen-bond acceptors (Lipinski definition) is 6. The van der Waals surface area contributed by atoms with Crippen molar-refractivity contribution in [3.05, 3.63) is 46.3 Å². The van der Waals surface area contributed by atoms with Crippen molar-refractivity contribution in [2.75, 3.05) is 37.7 Å². The number of furan rings is 1. The molecule has 2 aromatic heterocycles. The van der Waals surface area contributed by atoms with Gasteiger partial charge in [-0.05, 0) is 31.4 Å². The number of piperazine rings is 1. The Morgan fingerprint density at radius 1 is 1.19 bits per heavy atom. The minimum atomic E-state index is -0.0713. The molecule has 4 rings (SSSR count). The molecule has 0 N–H and O–H groups in total. The van der Waals surface area contributed by atoms with E-state index in [1.807, 2.05) is 0 Å². The first-order chi connectivity index (χ1) is 12.7. The molecular weight excluding hydrogens is 332 g/mol. The predicted molar refractivity (Wildman–Crippen MR) is 98.2 cm³/mol. The molecule has 0 aromatic carbocycles. The second-order valence-electron chi connectivity index (χ2n) is 7.10. The first kappa shape index (κ1) is 17.3. The van der Waals surface area contributed by atoms with Gasteiger partial charge in [0.05, 0.1) is 18.4 Å². The van der Waals surface area contributed by atoms with Gasteiger partial charge in [0.1, 0.15) is 17.6 Å². The van der Waals surface area contributed by atoms with E-state index in [4.69, 9.17) is 9.15 Å². The lowest BCUT2D eigenvalue weighted by Crippen LogP contribution is -2.46. The van der Waals surface area contributed by atoms with E-state index < -0.39 is 0 Å². The van der Waals surface area contributed by atoms with Crippen molar-refractivity contribution in [3.8, 4) is 0 Å². The van der Waals surface area contributed by atoms with Crippen LogP contribution in [-0.4, -0.2) is 47.5 Å². The maximum Gasteiger partial charge on any atom is 0.268 e. The molecule has 2 aliphatic heterocycles. The highest BCUT2D eigenvalue weighted by Crippen LogP contribution is 2.29. The fourth-order valence-electron chi connectivity index (χ4n) is 3.63. The van der Waals surface area contributed by atoms with Crippen molar-refractivity contribution in [1.29, 1.82) is 0 Å². The fraction of sp³-hybridized carbons (Fsp3) is 0.579. The Labute approximate surface area is 153 Å². The normalized spacial score (nSPS) is 21.9. The molecule has 1 atom stereocenters. The van der Waals surface area contributed by atoms with E-state index in [2.05, 4.69) is 27.0 Å². The number of ether oxygens (including phenoxy) is 1. The molecule has 0 bridgehead atoms. The maximum atomic E-state index is 11.8. The Kier molecular flexibility index (Phi) is 5.08. The molecule has 0 spiro atoms. The minimum absolute atomic E-state index is 0.0713. The molecule has 2 aliphatic rings. The maximum absolute atomic E-state index is 11.8. The van der Waals surface area contributed by atoms with Crippen molar-refractivity contribution < 1.29 is 9.15 Å². The molecule has 2 fully saturated rings. The van der Waals surface area contributed by atoms with Crippen LogP contribution in [0.1, 0.15) is 36.9 Å². The van der Waals surface area contributed by atoms with Crippen LogP contribution in [-0.2, 0) is 18.3 Å². The van der Waals surface area contributed by atoms with E-state index in [9.17, 15) is 4.79 Å². The average molecular weight is 358 g/mol. The van der Waals surface area contributed by atoms with Gasteiger partial charge in [-0.1, -0.05) is 0 Å². The van der Waals surface area contributed by atoms with Gasteiger partial charge in [0.25, 0.3) is 5.56 Å². The molecule has 0 aliphatic carbocycles. The lowest BCUT2D eigenvalue weighted by atomic mass is 10.1. The monoisotopic (exact) mass is 358 g/mol. The number of aryl methyl sites for hydroxylation is 1. The van der Waals surface area contributed by atoms with Crippen LogP contribution in [0.15, 0.2) is 33.6 Å². The smallest absolute Gasteiger partial charge is 0.268 e. The molecule has 1 unspecified atom stereocenters. The van der Waals surface area contributed by atoms with Crippen LogP contribution >= 0.6 is 0 Å². The topological polar surface area (TPSA) is 63.7 Å². The third-order valence-electron chi connectivity index (χ3n) is 5.25. The van der Waals surface area contributed by atoms with Gasteiger partial charge >= 0.3 is 0 Å². The highest BCUT2D eigenvalue weighted by molar-refractivity contribution is 5.43. The second-order valence-corrected chi connectivity index (χ2v) is 7.10. The summed E-state index contributed by atoms with van der Waals surface area (Å²) in [4.78, 5) is 16.4. The van der Waals surface area contributed by atoms with Crippen LogP contribution in [0.5, 0.6) is 0 Å². The van der Waals surface area contributed by atoms with E-state index in [1.54, 1.807) is 19.3 Å². The number of hydrogen-bond donors (Lipinski definition) is 0. The van der Waals surface area contributed by atoms with Crippen LogP contribution in [0.3, 0.4) is 0 Å². The first-order valence-electron chi connectivity index (χ1n) is 9.40. The number of aromatic nitrogens is 2. The van der Waals surface area contributed by atoms with Crippen LogP contribution in [0, 0.1) is 0 Å². The van der Waals surface area contributed by atoms with E-state index >= 15 is 0 Å². The Morgan fingerprint density at radius 3 is 2.77 bits per heavy atom. The molecule has 7 nitrogen and oxygen atoms in total. The molecule has 140 valence electrons. The minimum Gasteiger partial charge on any atom is -0.462 e. The van der Waals surface area contributed by atoms with Gasteiger partial charge in [-0.2, -0.15) is 5.10 Å². The third-order valence-corrected chi connectivity index (χ3v) is 5.25. The summed E-state index contributed by atoms with van der Waals surface area (Å²) < 4.78 is 13.2. The Hall–Kier alpha value is -2.12. The lowest BCUT2D eigenvalue weighted by Gasteiger charge is -2.35. The van der Waals surface area contributed by atoms with Gasteiger partial charge in [-0.15, -0.1) is 0 Å². The summed E-state index contributed by atoms with van der Waals surface area (Å²) in [6.45, 7) is 5.29. The van der Waals surface area contributed by atoms with Gasteiger partial charge < -0.3 is 14.1 Å². The Balaban J connectivity index is 1.31. The number of anilines is 1. The van der Waals surface area contributed by atoms with Crippen molar-refractivity contribution in [1.82, 2.24) is 14.7 Å². The summed E-state index contributed by atoms with van der Waals surface area (Å²) >= 11 is 0. The van der Waals surface area contributed by atoms with Crippen LogP contribution < -0.4 is 10.5 Å². The highest BCUT2D eigenvalue weighted by Gasteiger charge is 2.22. The van der Waals surface area contributed by atoms with E-state index in [1.165, 1.54) is 11.1 Å². The summed E-state index contributed by atoms with van der Waals surface area (Å²) in [5.41, 5.74) is 0.834. The number of rotatable bonds is 4. The summed E-state index contributed by atoms with van der Waals surface area (Å²) in [5, 5.41) is 4.11. The zero-order chi connectivity index (χ0) is 17.9. The SMILES string of the molecule is Cn1ncc(N2CCN(Cc3ccc(C4CCCCO4)o3)CC2)cc1=O. The van der Waals surface area contributed by atoms with Crippen LogP contribution in [0.2, 0.25) is 0 Å². The van der Waals surface area contributed by atoms with Gasteiger partial charge in [0.2, 0.25) is 0 Å². The summed E-state index contributed by atoms with van der Waals surface area (Å²) in [6.07, 6.45) is 5.30. The molecule has 0 saturated carbocycles. The molecular formula is C19H26N4O3. The zero-order valence-electron chi connectivity index (χ0n) is 15.3. The van der Waals surface area contributed by atoms with Crippen molar-refractivity contribution in [2.24, 2.45) is 7.05 Å². The quantitative estimate of drug-likeness (QED) is 0.832. The van der Waals surface area contributed by atoms with Crippen molar-refractivity contribution in [3.63, 3.8) is 0 Å². The molecule has 0 amide bonds. The first-order valence-corrected chi connectivity index (χ1v) is 9.40. The summed E-state index contributed by atoms with van der Waals surface area (Å²) in [6, 6.07) is 5.79. The lowest BCUT2D eigenvalue weighted by molar-refractivity contribution is 0.000833. The summed E-state index contributed by atoms with van der Waals surface area (Å²) in [7, 11) is 1.67. The van der Waals surface area contributed by atoms with Gasteiger partial charge in [-0.3, -0.25) is 9.69 Å². The largest absolute Gasteiger partial charge is 0.462 e. The second kappa shape index (κ2) is 7.63. The van der Waals surface area contributed by atoms with Crippen molar-refractivity contribution >= 4 is 5.69 Å². The predicted octanol–water partition coefficient (Wildman–Crippen LogP) is 1.94. The molecule has 2 saturated heterocycles. The number of nitrogens with zero attached hydrogens (tertiary/aromatic N) is 4. The molecule has 4 heterocycles. The third kappa shape index (κ3) is 3.83. The van der Waals surface area contributed by atoms with Crippen LogP contribution in [0.4, 0.5) is 5.69 Å². The summed E-state index contributed by atoms with van der Waals surface area (Å²) in [5.74, 6) is 1.96. The highest BCUT2D eigenvalue weighted by atomic mass is 16.5. The molecule has 7 heteroatoms. The zero-order valence-corrected chi connectivity index (χ0v) is 15.3. The molecule has 26 heavy (non-hydrogen) atoms. The van der Waals surface area contributed by atoms with Crippen molar-refractivity contribution in [2.45, 2.75) is 31.9 Å². The average Bonchev–Trinajstić information content (AvgIpc) is 3.14. The standard InChI is InChI=1S/C19H26N4O3/c1-21-19(24)12-15(13-20-21)23-9-7-22(8-10-23)14-16-5-6-18(26-16)17-4-2-3-11-25-17/h5-6,12-13,17H,2-4,7-11,14H2,1H3. The Bertz CT molecular complexity index is 786. The van der Waals surface area contributed by atoms with Gasteiger partial charge in [-0.25, -0.2) is 4.68 Å². The molecule has 0 radical (unpaired) electrons. The Morgan fingerprint density at radius 2 is 2.04 bits per heavy atom. The van der Waals surface area contributed by atoms with Gasteiger partial charge in [0, 0.05) is 45.9 Å². The van der Waals surface area contributed by atoms with E-state index in [0.717, 1.165) is 69.4 Å². The van der Waals surface area contributed by atoms with Crippen LogP contribution in [0.25, 0.3) is 0 Å². The van der Waals surface area contributed by atoms with E-state index in [-0.39, 0.29) is 11.7 Å². The van der Waals surface area contributed by atoms with Gasteiger partial charge in [0.15, 0.2) is 0 Å². The van der Waals surface area contributed by atoms with E-state index in [0.29, 0.717) is 0 Å². The fourth-order valence-corrected chi connectivity index (χ4v) is 3.63.